The molecule has 0 saturated carbocycles. The third kappa shape index (κ3) is 3.29. The Labute approximate surface area is 104 Å². The van der Waals surface area contributed by atoms with Gasteiger partial charge in [0.15, 0.2) is 0 Å². The molecule has 0 aromatic heterocycles. The average molecular weight is 235 g/mol. The van der Waals surface area contributed by atoms with Gasteiger partial charge in [0.25, 0.3) is 0 Å². The summed E-state index contributed by atoms with van der Waals surface area (Å²) in [5.74, 6) is 1.15. The Bertz CT molecular complexity index is 395. The van der Waals surface area contributed by atoms with E-state index >= 15 is 0 Å². The van der Waals surface area contributed by atoms with E-state index in [1.54, 1.807) is 0 Å². The van der Waals surface area contributed by atoms with E-state index in [1.165, 1.54) is 11.1 Å². The van der Waals surface area contributed by atoms with Crippen LogP contribution in [0.3, 0.4) is 0 Å². The first kappa shape index (κ1) is 13.7. The summed E-state index contributed by atoms with van der Waals surface area (Å²) in [6, 6.07) is 1.99. The molecule has 0 fully saturated rings. The van der Waals surface area contributed by atoms with Crippen LogP contribution in [0.1, 0.15) is 38.8 Å². The number of nitrogen functional groups attached to an aromatic ring is 3. The van der Waals surface area contributed by atoms with Crippen LogP contribution in [0, 0.1) is 11.8 Å². The van der Waals surface area contributed by atoms with E-state index in [0.717, 1.165) is 12.8 Å². The van der Waals surface area contributed by atoms with Gasteiger partial charge in [0.2, 0.25) is 0 Å². The lowest BCUT2D eigenvalue weighted by Gasteiger charge is -2.19. The largest absolute Gasteiger partial charge is 0.397 e. The van der Waals surface area contributed by atoms with Crippen LogP contribution in [0.25, 0.3) is 0 Å². The summed E-state index contributed by atoms with van der Waals surface area (Å²) in [6.07, 6.45) is 1.95. The SMILES string of the molecule is CC(C)Cc1cc(N)c(N)c(N)c1CC(C)C. The highest BCUT2D eigenvalue weighted by atomic mass is 14.7. The van der Waals surface area contributed by atoms with Crippen molar-refractivity contribution in [2.24, 2.45) is 11.8 Å². The number of nitrogens with two attached hydrogens (primary N) is 3. The molecule has 0 amide bonds. The fourth-order valence-electron chi connectivity index (χ4n) is 2.11. The molecule has 0 spiro atoms. The second-order valence-electron chi connectivity index (χ2n) is 5.63. The van der Waals surface area contributed by atoms with Crippen molar-refractivity contribution >= 4 is 17.1 Å². The quantitative estimate of drug-likeness (QED) is 0.702. The standard InChI is InChI=1S/C14H25N3/c1-8(2)5-10-7-12(15)14(17)13(16)11(10)6-9(3)4/h7-9H,5-6,15-17H2,1-4H3. The summed E-state index contributed by atoms with van der Waals surface area (Å²) in [4.78, 5) is 0. The predicted octanol–water partition coefficient (Wildman–Crippen LogP) is 2.83. The molecular weight excluding hydrogens is 210 g/mol. The molecule has 3 nitrogen and oxygen atoms in total. The highest BCUT2D eigenvalue weighted by Gasteiger charge is 2.14. The fraction of sp³-hybridized carbons (Fsp3) is 0.571. The molecule has 17 heavy (non-hydrogen) atoms. The van der Waals surface area contributed by atoms with Gasteiger partial charge in [-0.1, -0.05) is 27.7 Å². The van der Waals surface area contributed by atoms with Crippen LogP contribution in [-0.4, -0.2) is 0 Å². The van der Waals surface area contributed by atoms with Crippen LogP contribution in [0.15, 0.2) is 6.07 Å². The highest BCUT2D eigenvalue weighted by Crippen LogP contribution is 2.32. The minimum absolute atomic E-state index is 0.535. The molecule has 0 aliphatic carbocycles. The topological polar surface area (TPSA) is 78.1 Å². The second kappa shape index (κ2) is 5.30. The van der Waals surface area contributed by atoms with Crippen LogP contribution >= 0.6 is 0 Å². The molecule has 0 atom stereocenters. The summed E-state index contributed by atoms with van der Waals surface area (Å²) >= 11 is 0. The molecule has 0 bridgehead atoms. The van der Waals surface area contributed by atoms with Gasteiger partial charge in [0, 0.05) is 0 Å². The molecule has 96 valence electrons. The molecular formula is C14H25N3. The predicted molar refractivity (Wildman–Crippen MR) is 76.8 cm³/mol. The number of rotatable bonds is 4. The molecule has 0 saturated heterocycles. The van der Waals surface area contributed by atoms with Crippen molar-refractivity contribution in [2.75, 3.05) is 17.2 Å². The Morgan fingerprint density at radius 1 is 0.882 bits per heavy atom. The van der Waals surface area contributed by atoms with E-state index in [9.17, 15) is 0 Å². The van der Waals surface area contributed by atoms with Gasteiger partial charge in [-0.25, -0.2) is 0 Å². The van der Waals surface area contributed by atoms with Gasteiger partial charge in [-0.3, -0.25) is 0 Å². The third-order valence-electron chi connectivity index (χ3n) is 2.88. The lowest BCUT2D eigenvalue weighted by molar-refractivity contribution is 0.617. The van der Waals surface area contributed by atoms with Gasteiger partial charge in [-0.05, 0) is 41.9 Å². The average Bonchev–Trinajstić information content (AvgIpc) is 2.20. The van der Waals surface area contributed by atoms with E-state index in [0.29, 0.717) is 28.9 Å². The van der Waals surface area contributed by atoms with Gasteiger partial charge in [-0.2, -0.15) is 0 Å². The van der Waals surface area contributed by atoms with Crippen molar-refractivity contribution in [3.63, 3.8) is 0 Å². The molecule has 6 N–H and O–H groups in total. The van der Waals surface area contributed by atoms with Gasteiger partial charge >= 0.3 is 0 Å². The minimum atomic E-state index is 0.535. The molecule has 0 aliphatic heterocycles. The van der Waals surface area contributed by atoms with Gasteiger partial charge in [0.1, 0.15) is 0 Å². The van der Waals surface area contributed by atoms with Crippen LogP contribution in [-0.2, 0) is 12.8 Å². The third-order valence-corrected chi connectivity index (χ3v) is 2.88. The van der Waals surface area contributed by atoms with Crippen LogP contribution in [0.4, 0.5) is 17.1 Å². The first-order valence-corrected chi connectivity index (χ1v) is 6.28. The lowest BCUT2D eigenvalue weighted by Crippen LogP contribution is -2.11. The molecule has 0 aliphatic rings. The zero-order valence-electron chi connectivity index (χ0n) is 11.4. The zero-order valence-corrected chi connectivity index (χ0v) is 11.4. The lowest BCUT2D eigenvalue weighted by atomic mass is 9.90. The Balaban J connectivity index is 3.25. The van der Waals surface area contributed by atoms with E-state index in [2.05, 4.69) is 27.7 Å². The number of hydrogen-bond acceptors (Lipinski definition) is 3. The van der Waals surface area contributed by atoms with Crippen LogP contribution in [0.5, 0.6) is 0 Å². The Kier molecular flexibility index (Phi) is 4.27. The van der Waals surface area contributed by atoms with Gasteiger partial charge in [-0.15, -0.1) is 0 Å². The highest BCUT2D eigenvalue weighted by molar-refractivity contribution is 5.81. The minimum Gasteiger partial charge on any atom is -0.397 e. The maximum absolute atomic E-state index is 6.10. The van der Waals surface area contributed by atoms with Crippen molar-refractivity contribution in [3.05, 3.63) is 17.2 Å². The number of hydrogen-bond donors (Lipinski definition) is 3. The van der Waals surface area contributed by atoms with Crippen molar-refractivity contribution in [1.29, 1.82) is 0 Å². The fourth-order valence-corrected chi connectivity index (χ4v) is 2.11. The molecule has 0 radical (unpaired) electrons. The van der Waals surface area contributed by atoms with Crippen LogP contribution < -0.4 is 17.2 Å². The van der Waals surface area contributed by atoms with E-state index < -0.39 is 0 Å². The molecule has 3 heteroatoms. The summed E-state index contributed by atoms with van der Waals surface area (Å²) in [7, 11) is 0. The molecule has 1 aromatic carbocycles. The second-order valence-corrected chi connectivity index (χ2v) is 5.63. The smallest absolute Gasteiger partial charge is 0.0784 e. The first-order chi connectivity index (χ1) is 7.82. The Hall–Kier alpha value is -1.38. The summed E-state index contributed by atoms with van der Waals surface area (Å²) < 4.78 is 0. The maximum Gasteiger partial charge on any atom is 0.0784 e. The number of anilines is 3. The van der Waals surface area contributed by atoms with E-state index in [-0.39, 0.29) is 0 Å². The van der Waals surface area contributed by atoms with Gasteiger partial charge in [0.05, 0.1) is 17.1 Å². The van der Waals surface area contributed by atoms with Crippen molar-refractivity contribution in [3.8, 4) is 0 Å². The molecule has 1 aromatic rings. The van der Waals surface area contributed by atoms with Crippen molar-refractivity contribution < 1.29 is 0 Å². The molecule has 1 rings (SSSR count). The maximum atomic E-state index is 6.10. The summed E-state index contributed by atoms with van der Waals surface area (Å²) in [6.45, 7) is 8.76. The summed E-state index contributed by atoms with van der Waals surface area (Å²) in [5.41, 5.74) is 22.1. The first-order valence-electron chi connectivity index (χ1n) is 6.28. The van der Waals surface area contributed by atoms with Gasteiger partial charge < -0.3 is 17.2 Å². The van der Waals surface area contributed by atoms with Crippen molar-refractivity contribution in [1.82, 2.24) is 0 Å². The van der Waals surface area contributed by atoms with E-state index in [1.807, 2.05) is 6.07 Å². The zero-order chi connectivity index (χ0) is 13.2. The Morgan fingerprint density at radius 2 is 1.41 bits per heavy atom. The number of benzene rings is 1. The monoisotopic (exact) mass is 235 g/mol. The molecule has 0 unspecified atom stereocenters. The summed E-state index contributed by atoms with van der Waals surface area (Å²) in [5, 5.41) is 0. The molecule has 0 heterocycles. The normalized spacial score (nSPS) is 11.4. The van der Waals surface area contributed by atoms with Crippen molar-refractivity contribution in [2.45, 2.75) is 40.5 Å². The van der Waals surface area contributed by atoms with Crippen LogP contribution in [0.2, 0.25) is 0 Å². The Morgan fingerprint density at radius 3 is 1.88 bits per heavy atom. The van der Waals surface area contributed by atoms with E-state index in [4.69, 9.17) is 17.2 Å².